The first-order valence-electron chi connectivity index (χ1n) is 25.2. The van der Waals surface area contributed by atoms with Gasteiger partial charge in [-0.2, -0.15) is 0 Å². The van der Waals surface area contributed by atoms with Crippen LogP contribution in [0, 0.1) is 47.3 Å². The third kappa shape index (κ3) is 145. The van der Waals surface area contributed by atoms with E-state index in [1.54, 1.807) is 0 Å². The number of hydrogen-bond donors (Lipinski definition) is 6. The molecule has 0 spiro atoms. The maximum absolute atomic E-state index is 9.98. The molecular weight excluding hydrogens is 809 g/mol. The topological polar surface area (TPSA) is 179 Å². The van der Waals surface area contributed by atoms with E-state index < -0.39 is 17.9 Å². The van der Waals surface area contributed by atoms with Crippen molar-refractivity contribution in [3.63, 3.8) is 0 Å². The van der Waals surface area contributed by atoms with Gasteiger partial charge in [-0.05, 0) is 146 Å². The van der Waals surface area contributed by atoms with Gasteiger partial charge >= 0.3 is 17.9 Å². The van der Waals surface area contributed by atoms with Crippen LogP contribution in [0.25, 0.3) is 0 Å². The molecule has 0 saturated carbocycles. The van der Waals surface area contributed by atoms with E-state index in [-0.39, 0.29) is 12.3 Å². The minimum atomic E-state index is -0.713. The SMILES string of the molecule is CC(C)CC(=O)O.CC(C)CCC(=O)O.CC(C)CCCC(=O)O.CC(C)CCCCN(C)C.CC(C)CCCCO.CC(C)CCCN(C)C.CC(C)CCCO.CC(C)CCO. The summed E-state index contributed by atoms with van der Waals surface area (Å²) in [6.07, 6.45) is 16.8. The Hall–Kier alpha value is -1.79. The van der Waals surface area contributed by atoms with Crippen LogP contribution in [-0.4, -0.2) is 119 Å². The molecule has 0 aliphatic carbocycles. The maximum Gasteiger partial charge on any atom is 0.303 e. The minimum absolute atomic E-state index is 0.275. The molecule has 0 unspecified atom stereocenters. The van der Waals surface area contributed by atoms with Crippen LogP contribution in [0.5, 0.6) is 0 Å². The Balaban J connectivity index is -0.0000000937. The molecule has 0 aromatic carbocycles. The van der Waals surface area contributed by atoms with Crippen molar-refractivity contribution in [1.82, 2.24) is 9.80 Å². The third-order valence-electron chi connectivity index (χ3n) is 8.55. The number of carboxylic acid groups (broad SMARTS) is 3. The summed E-state index contributed by atoms with van der Waals surface area (Å²) in [6, 6.07) is 0. The number of unbranched alkanes of at least 4 members (excludes halogenated alkanes) is 2. The van der Waals surface area contributed by atoms with E-state index in [1.807, 2.05) is 27.7 Å². The monoisotopic (exact) mass is 927 g/mol. The molecule has 394 valence electrons. The first-order valence-corrected chi connectivity index (χ1v) is 25.2. The Bertz CT molecular complexity index is 858. The third-order valence-corrected chi connectivity index (χ3v) is 8.55. The second-order valence-electron chi connectivity index (χ2n) is 20.8. The van der Waals surface area contributed by atoms with E-state index in [0.717, 1.165) is 68.6 Å². The Labute approximate surface area is 400 Å². The highest BCUT2D eigenvalue weighted by molar-refractivity contribution is 5.67. The Morgan fingerprint density at radius 2 is 0.641 bits per heavy atom. The van der Waals surface area contributed by atoms with E-state index in [0.29, 0.717) is 50.4 Å². The van der Waals surface area contributed by atoms with Gasteiger partial charge in [0.25, 0.3) is 0 Å². The van der Waals surface area contributed by atoms with Gasteiger partial charge in [-0.15, -0.1) is 0 Å². The van der Waals surface area contributed by atoms with Crippen LogP contribution in [0.4, 0.5) is 0 Å². The highest BCUT2D eigenvalue weighted by Crippen LogP contribution is 2.07. The number of aliphatic hydroxyl groups is 3. The van der Waals surface area contributed by atoms with Gasteiger partial charge in [0.1, 0.15) is 0 Å². The fourth-order valence-corrected chi connectivity index (χ4v) is 4.64. The number of rotatable bonds is 27. The predicted octanol–water partition coefficient (Wildman–Crippen LogP) is 13.1. The van der Waals surface area contributed by atoms with E-state index in [9.17, 15) is 14.4 Å². The Morgan fingerprint density at radius 3 is 0.859 bits per heavy atom. The van der Waals surface area contributed by atoms with Crippen molar-refractivity contribution in [3.05, 3.63) is 0 Å². The first kappa shape index (κ1) is 79.3. The van der Waals surface area contributed by atoms with E-state index >= 15 is 0 Å². The molecule has 0 rings (SSSR count). The molecule has 0 aliphatic rings. The second kappa shape index (κ2) is 63.3. The van der Waals surface area contributed by atoms with Crippen LogP contribution in [-0.2, 0) is 14.4 Å². The first-order chi connectivity index (χ1) is 29.4. The molecule has 6 N–H and O–H groups in total. The van der Waals surface area contributed by atoms with Gasteiger partial charge in [0, 0.05) is 39.1 Å². The van der Waals surface area contributed by atoms with Crippen LogP contribution in [0.1, 0.15) is 220 Å². The van der Waals surface area contributed by atoms with E-state index in [4.69, 9.17) is 30.6 Å². The quantitative estimate of drug-likeness (QED) is 0.0432. The summed E-state index contributed by atoms with van der Waals surface area (Å²) in [4.78, 5) is 34.2. The van der Waals surface area contributed by atoms with Gasteiger partial charge in [0.05, 0.1) is 0 Å². The zero-order chi connectivity index (χ0) is 52.1. The number of carboxylic acids is 3. The van der Waals surface area contributed by atoms with E-state index in [1.165, 1.54) is 58.0 Å². The molecular formula is C53H118N2O9. The summed E-state index contributed by atoms with van der Waals surface area (Å²) in [6.45, 7) is 37.6. The molecule has 0 atom stereocenters. The summed E-state index contributed by atoms with van der Waals surface area (Å²) in [5, 5.41) is 49.4. The van der Waals surface area contributed by atoms with Gasteiger partial charge in [0.2, 0.25) is 0 Å². The normalized spacial score (nSPS) is 10.5. The lowest BCUT2D eigenvalue weighted by Gasteiger charge is -2.09. The van der Waals surface area contributed by atoms with Crippen molar-refractivity contribution < 1.29 is 45.0 Å². The van der Waals surface area contributed by atoms with Crippen LogP contribution < -0.4 is 0 Å². The van der Waals surface area contributed by atoms with Gasteiger partial charge in [-0.25, -0.2) is 0 Å². The largest absolute Gasteiger partial charge is 0.481 e. The summed E-state index contributed by atoms with van der Waals surface area (Å²) >= 11 is 0. The van der Waals surface area contributed by atoms with E-state index in [2.05, 4.69) is 121 Å². The molecule has 64 heavy (non-hydrogen) atoms. The zero-order valence-corrected chi connectivity index (χ0v) is 46.5. The lowest BCUT2D eigenvalue weighted by Crippen LogP contribution is -2.13. The summed E-state index contributed by atoms with van der Waals surface area (Å²) in [5.74, 6) is 3.24. The van der Waals surface area contributed by atoms with Crippen molar-refractivity contribution in [2.75, 3.05) is 61.1 Å². The van der Waals surface area contributed by atoms with Crippen molar-refractivity contribution in [2.24, 2.45) is 47.3 Å². The van der Waals surface area contributed by atoms with Crippen LogP contribution in [0.15, 0.2) is 0 Å². The van der Waals surface area contributed by atoms with Crippen LogP contribution >= 0.6 is 0 Å². The van der Waals surface area contributed by atoms with Gasteiger partial charge in [-0.1, -0.05) is 143 Å². The molecule has 0 bridgehead atoms. The second-order valence-corrected chi connectivity index (χ2v) is 20.8. The smallest absolute Gasteiger partial charge is 0.303 e. The Morgan fingerprint density at radius 1 is 0.328 bits per heavy atom. The van der Waals surface area contributed by atoms with Crippen LogP contribution in [0.2, 0.25) is 0 Å². The van der Waals surface area contributed by atoms with Gasteiger partial charge in [0.15, 0.2) is 0 Å². The number of aliphatic carboxylic acids is 3. The molecule has 11 heteroatoms. The molecule has 0 amide bonds. The summed E-state index contributed by atoms with van der Waals surface area (Å²) in [5.41, 5.74) is 0. The summed E-state index contributed by atoms with van der Waals surface area (Å²) < 4.78 is 0. The molecule has 0 aromatic rings. The van der Waals surface area contributed by atoms with Crippen molar-refractivity contribution >= 4 is 17.9 Å². The number of hydrogen-bond acceptors (Lipinski definition) is 8. The molecule has 0 radical (unpaired) electrons. The fraction of sp³-hybridized carbons (Fsp3) is 0.943. The van der Waals surface area contributed by atoms with Gasteiger partial charge < -0.3 is 40.4 Å². The zero-order valence-electron chi connectivity index (χ0n) is 46.5. The fourth-order valence-electron chi connectivity index (χ4n) is 4.64. The maximum atomic E-state index is 9.98. The number of carbonyl (C=O) groups is 3. The highest BCUT2D eigenvalue weighted by atomic mass is 16.4. The lowest BCUT2D eigenvalue weighted by atomic mass is 10.1. The highest BCUT2D eigenvalue weighted by Gasteiger charge is 2.00. The van der Waals surface area contributed by atoms with Crippen molar-refractivity contribution in [3.8, 4) is 0 Å². The molecule has 0 fully saturated rings. The lowest BCUT2D eigenvalue weighted by molar-refractivity contribution is -0.138. The Kier molecular flexibility index (Phi) is 78.4. The molecule has 0 heterocycles. The average Bonchev–Trinajstić information content (AvgIpc) is 3.12. The van der Waals surface area contributed by atoms with Gasteiger partial charge in [-0.3, -0.25) is 14.4 Å². The molecule has 0 aromatic heterocycles. The molecule has 0 aliphatic heterocycles. The van der Waals surface area contributed by atoms with Crippen molar-refractivity contribution in [1.29, 1.82) is 0 Å². The van der Waals surface area contributed by atoms with Crippen molar-refractivity contribution in [2.45, 2.75) is 220 Å². The van der Waals surface area contributed by atoms with Crippen LogP contribution in [0.3, 0.4) is 0 Å². The minimum Gasteiger partial charge on any atom is -0.481 e. The number of aliphatic hydroxyl groups excluding tert-OH is 3. The number of nitrogens with zero attached hydrogens (tertiary/aromatic N) is 2. The standard InChI is InChI=1S/C9H21N.C8H19N.C7H14O2.C7H16O.C6H12O2.C6H14O.C5H10O2.C5H12O/c1-9(2)7-5-6-8-10(3)4;1-8(2)6-5-7-9(3)4;1-6(2)4-3-5-7(8)9;1-7(2)5-3-4-6-8;1-5(2)3-4-6(7)8;1-6(2)4-3-5-7;1-4(2)3-5(6)7;1-5(2)3-4-6/h9H,5-8H2,1-4H3;8H,5-7H2,1-4H3;6H,3-5H2,1-2H3,(H,8,9);7-8H,3-6H2,1-2H3;5H,3-4H2,1-2H3,(H,7,8);6-7H,3-5H2,1-2H3;4H,3H2,1-2H3,(H,6,7);5-6H,3-4H2,1-2H3. The molecule has 11 nitrogen and oxygen atoms in total. The summed E-state index contributed by atoms with van der Waals surface area (Å²) in [7, 11) is 8.52. The molecule has 0 saturated heterocycles. The predicted molar refractivity (Wildman–Crippen MR) is 278 cm³/mol. The average molecular weight is 928 g/mol.